The van der Waals surface area contributed by atoms with Crippen LogP contribution >= 0.6 is 0 Å². The minimum absolute atomic E-state index is 0.0848. The molecule has 0 aliphatic carbocycles. The fourth-order valence-electron chi connectivity index (χ4n) is 0.649. The van der Waals surface area contributed by atoms with Crippen LogP contribution in [0.2, 0.25) is 0 Å². The Balaban J connectivity index is 2.78. The average molecular weight is 168 g/mol. The highest BCUT2D eigenvalue weighted by molar-refractivity contribution is 5.84. The van der Waals surface area contributed by atoms with E-state index in [1.807, 2.05) is 6.92 Å². The number of aromatic carboxylic acids is 1. The van der Waals surface area contributed by atoms with Gasteiger partial charge in [-0.2, -0.15) is 0 Å². The van der Waals surface area contributed by atoms with E-state index in [0.29, 0.717) is 12.5 Å². The van der Waals surface area contributed by atoms with E-state index in [1.165, 1.54) is 6.20 Å². The first-order valence-corrected chi connectivity index (χ1v) is 3.42. The molecule has 1 heterocycles. The van der Waals surface area contributed by atoms with Crippen molar-refractivity contribution in [2.75, 3.05) is 6.61 Å². The standard InChI is InChI=1S/C7H8N2O3/c1-2-12-6-4-8-5(3-9-6)7(10)11/h3-4H,2H2,1H3,(H,10,11). The second-order valence-electron chi connectivity index (χ2n) is 1.98. The molecule has 5 nitrogen and oxygen atoms in total. The van der Waals surface area contributed by atoms with Crippen LogP contribution in [0.5, 0.6) is 5.88 Å². The van der Waals surface area contributed by atoms with Gasteiger partial charge < -0.3 is 9.84 Å². The molecule has 0 bridgehead atoms. The molecule has 0 saturated carbocycles. The predicted molar refractivity (Wildman–Crippen MR) is 40.2 cm³/mol. The zero-order chi connectivity index (χ0) is 8.97. The van der Waals surface area contributed by atoms with Gasteiger partial charge in [0.05, 0.1) is 19.0 Å². The summed E-state index contributed by atoms with van der Waals surface area (Å²) in [5.74, 6) is -0.756. The summed E-state index contributed by atoms with van der Waals surface area (Å²) in [7, 11) is 0. The first-order valence-electron chi connectivity index (χ1n) is 3.42. The quantitative estimate of drug-likeness (QED) is 0.714. The number of carboxylic acids is 1. The van der Waals surface area contributed by atoms with Crippen molar-refractivity contribution < 1.29 is 14.6 Å². The monoisotopic (exact) mass is 168 g/mol. The molecule has 1 aromatic heterocycles. The molecule has 0 aromatic carbocycles. The van der Waals surface area contributed by atoms with Gasteiger partial charge in [0.15, 0.2) is 5.69 Å². The summed E-state index contributed by atoms with van der Waals surface area (Å²) >= 11 is 0. The van der Waals surface area contributed by atoms with Crippen molar-refractivity contribution in [1.29, 1.82) is 0 Å². The molecule has 0 amide bonds. The second kappa shape index (κ2) is 3.66. The molecule has 0 radical (unpaired) electrons. The first kappa shape index (κ1) is 8.45. The van der Waals surface area contributed by atoms with Gasteiger partial charge in [0.2, 0.25) is 5.88 Å². The molecule has 12 heavy (non-hydrogen) atoms. The summed E-state index contributed by atoms with van der Waals surface area (Å²) in [6.07, 6.45) is 2.44. The largest absolute Gasteiger partial charge is 0.477 e. The van der Waals surface area contributed by atoms with Crippen molar-refractivity contribution in [2.24, 2.45) is 0 Å². The maximum atomic E-state index is 10.3. The van der Waals surface area contributed by atoms with Gasteiger partial charge in [-0.05, 0) is 6.92 Å². The van der Waals surface area contributed by atoms with E-state index in [9.17, 15) is 4.79 Å². The number of hydrogen-bond acceptors (Lipinski definition) is 4. The van der Waals surface area contributed by atoms with E-state index in [0.717, 1.165) is 6.20 Å². The SMILES string of the molecule is CCOc1cnc(C(=O)O)cn1. The van der Waals surface area contributed by atoms with Crippen molar-refractivity contribution in [3.63, 3.8) is 0 Å². The van der Waals surface area contributed by atoms with Crippen LogP contribution in [0.25, 0.3) is 0 Å². The number of hydrogen-bond donors (Lipinski definition) is 1. The van der Waals surface area contributed by atoms with E-state index >= 15 is 0 Å². The van der Waals surface area contributed by atoms with Crippen LogP contribution in [0.15, 0.2) is 12.4 Å². The molecule has 1 rings (SSSR count). The van der Waals surface area contributed by atoms with Gasteiger partial charge in [0.25, 0.3) is 0 Å². The van der Waals surface area contributed by atoms with Crippen LogP contribution in [0.4, 0.5) is 0 Å². The van der Waals surface area contributed by atoms with Crippen LogP contribution in [0.3, 0.4) is 0 Å². The number of ether oxygens (including phenoxy) is 1. The summed E-state index contributed by atoms with van der Waals surface area (Å²) in [5, 5.41) is 8.46. The molecule has 0 unspecified atom stereocenters. The lowest BCUT2D eigenvalue weighted by molar-refractivity contribution is 0.0690. The van der Waals surface area contributed by atoms with Gasteiger partial charge in [-0.3, -0.25) is 0 Å². The van der Waals surface area contributed by atoms with Crippen molar-refractivity contribution in [2.45, 2.75) is 6.92 Å². The van der Waals surface area contributed by atoms with Gasteiger partial charge in [-0.25, -0.2) is 14.8 Å². The lowest BCUT2D eigenvalue weighted by atomic mass is 10.5. The number of rotatable bonds is 3. The van der Waals surface area contributed by atoms with Crippen molar-refractivity contribution in [3.05, 3.63) is 18.1 Å². The van der Waals surface area contributed by atoms with E-state index in [4.69, 9.17) is 9.84 Å². The van der Waals surface area contributed by atoms with Gasteiger partial charge in [0.1, 0.15) is 0 Å². The fraction of sp³-hybridized carbons (Fsp3) is 0.286. The van der Waals surface area contributed by atoms with E-state index < -0.39 is 5.97 Å². The minimum atomic E-state index is -1.09. The van der Waals surface area contributed by atoms with Gasteiger partial charge >= 0.3 is 5.97 Å². The van der Waals surface area contributed by atoms with Gasteiger partial charge in [0, 0.05) is 0 Å². The molecule has 1 aromatic rings. The highest BCUT2D eigenvalue weighted by atomic mass is 16.5. The summed E-state index contributed by atoms with van der Waals surface area (Å²) in [5.41, 5.74) is -0.0848. The zero-order valence-electron chi connectivity index (χ0n) is 6.52. The number of carboxylic acid groups (broad SMARTS) is 1. The second-order valence-corrected chi connectivity index (χ2v) is 1.98. The molecule has 1 N–H and O–H groups in total. The normalized spacial score (nSPS) is 9.42. The van der Waals surface area contributed by atoms with Gasteiger partial charge in [-0.1, -0.05) is 0 Å². The Morgan fingerprint density at radius 1 is 1.58 bits per heavy atom. The molecule has 5 heteroatoms. The van der Waals surface area contributed by atoms with Gasteiger partial charge in [-0.15, -0.1) is 0 Å². The van der Waals surface area contributed by atoms with Crippen LogP contribution in [-0.4, -0.2) is 27.7 Å². The summed E-state index contributed by atoms with van der Waals surface area (Å²) in [6, 6.07) is 0. The van der Waals surface area contributed by atoms with E-state index in [-0.39, 0.29) is 5.69 Å². The average Bonchev–Trinajstić information content (AvgIpc) is 2.06. The van der Waals surface area contributed by atoms with Crippen molar-refractivity contribution in [1.82, 2.24) is 9.97 Å². The Bertz CT molecular complexity index is 270. The highest BCUT2D eigenvalue weighted by Crippen LogP contribution is 2.02. The van der Waals surface area contributed by atoms with Crippen LogP contribution in [0, 0.1) is 0 Å². The smallest absolute Gasteiger partial charge is 0.356 e. The molecule has 0 spiro atoms. The maximum Gasteiger partial charge on any atom is 0.356 e. The van der Waals surface area contributed by atoms with Crippen LogP contribution in [0.1, 0.15) is 17.4 Å². The van der Waals surface area contributed by atoms with E-state index in [1.54, 1.807) is 0 Å². The topological polar surface area (TPSA) is 72.3 Å². The summed E-state index contributed by atoms with van der Waals surface area (Å²) in [6.45, 7) is 2.30. The predicted octanol–water partition coefficient (Wildman–Crippen LogP) is 0.573. The molecular formula is C7H8N2O3. The lowest BCUT2D eigenvalue weighted by Gasteiger charge is -1.99. The lowest BCUT2D eigenvalue weighted by Crippen LogP contribution is -2.02. The Kier molecular flexibility index (Phi) is 2.57. The zero-order valence-corrected chi connectivity index (χ0v) is 6.52. The first-order chi connectivity index (χ1) is 5.74. The van der Waals surface area contributed by atoms with Crippen molar-refractivity contribution in [3.8, 4) is 5.88 Å². The molecule has 0 aliphatic heterocycles. The Hall–Kier alpha value is -1.65. The Labute approximate surface area is 69.0 Å². The Morgan fingerprint density at radius 3 is 2.75 bits per heavy atom. The summed E-state index contributed by atoms with van der Waals surface area (Å²) in [4.78, 5) is 17.7. The third-order valence-corrected chi connectivity index (χ3v) is 1.14. The summed E-state index contributed by atoms with van der Waals surface area (Å²) < 4.78 is 4.97. The number of aromatic nitrogens is 2. The van der Waals surface area contributed by atoms with Crippen LogP contribution in [-0.2, 0) is 0 Å². The third-order valence-electron chi connectivity index (χ3n) is 1.14. The van der Waals surface area contributed by atoms with Crippen molar-refractivity contribution >= 4 is 5.97 Å². The highest BCUT2D eigenvalue weighted by Gasteiger charge is 2.04. The number of nitrogens with zero attached hydrogens (tertiary/aromatic N) is 2. The van der Waals surface area contributed by atoms with E-state index in [2.05, 4.69) is 9.97 Å². The molecular weight excluding hydrogens is 160 g/mol. The maximum absolute atomic E-state index is 10.3. The van der Waals surface area contributed by atoms with Crippen LogP contribution < -0.4 is 4.74 Å². The minimum Gasteiger partial charge on any atom is -0.477 e. The third kappa shape index (κ3) is 1.91. The molecule has 0 fully saturated rings. The molecule has 0 saturated heterocycles. The Morgan fingerprint density at radius 2 is 2.33 bits per heavy atom. The molecule has 0 atom stereocenters. The number of carbonyl (C=O) groups is 1. The molecule has 0 aliphatic rings. The molecule has 64 valence electrons. The fourth-order valence-corrected chi connectivity index (χ4v) is 0.649.